The van der Waals surface area contributed by atoms with Crippen LogP contribution < -0.4 is 5.73 Å². The Morgan fingerprint density at radius 1 is 1.35 bits per heavy atom. The highest BCUT2D eigenvalue weighted by Gasteiger charge is 2.17. The molecule has 2 rings (SSSR count). The highest BCUT2D eigenvalue weighted by Crippen LogP contribution is 2.34. The van der Waals surface area contributed by atoms with Crippen LogP contribution >= 0.6 is 11.8 Å². The number of benzene rings is 1. The second-order valence-corrected chi connectivity index (χ2v) is 5.82. The normalized spacial score (nSPS) is 19.2. The fourth-order valence-corrected chi connectivity index (χ4v) is 3.39. The van der Waals surface area contributed by atoms with E-state index in [2.05, 4.69) is 31.2 Å². The summed E-state index contributed by atoms with van der Waals surface area (Å²) in [7, 11) is 0. The first-order chi connectivity index (χ1) is 8.31. The second kappa shape index (κ2) is 6.43. The van der Waals surface area contributed by atoms with Gasteiger partial charge in [-0.1, -0.05) is 25.1 Å². The van der Waals surface area contributed by atoms with E-state index >= 15 is 0 Å². The Kier molecular flexibility index (Phi) is 4.89. The minimum absolute atomic E-state index is 0.165. The maximum atomic E-state index is 6.16. The van der Waals surface area contributed by atoms with Crippen molar-refractivity contribution in [1.29, 1.82) is 0 Å². The van der Waals surface area contributed by atoms with Crippen molar-refractivity contribution < 1.29 is 4.74 Å². The predicted octanol–water partition coefficient (Wildman–Crippen LogP) is 3.37. The monoisotopic (exact) mass is 251 g/mol. The summed E-state index contributed by atoms with van der Waals surface area (Å²) in [6.07, 6.45) is 3.30. The van der Waals surface area contributed by atoms with Crippen molar-refractivity contribution in [3.05, 3.63) is 29.8 Å². The maximum Gasteiger partial charge on any atom is 0.0476 e. The zero-order valence-corrected chi connectivity index (χ0v) is 11.2. The third kappa shape index (κ3) is 3.47. The molecule has 0 radical (unpaired) electrons. The van der Waals surface area contributed by atoms with Crippen LogP contribution in [0.1, 0.15) is 37.8 Å². The minimum Gasteiger partial charge on any atom is -0.381 e. The molecule has 1 saturated heterocycles. The molecule has 0 amide bonds. The number of thioether (sulfide) groups is 1. The lowest BCUT2D eigenvalue weighted by Crippen LogP contribution is -2.18. The first-order valence-electron chi connectivity index (χ1n) is 6.40. The van der Waals surface area contributed by atoms with Crippen LogP contribution in [0.3, 0.4) is 0 Å². The van der Waals surface area contributed by atoms with Crippen LogP contribution in [-0.2, 0) is 4.74 Å². The molecule has 1 heterocycles. The quantitative estimate of drug-likeness (QED) is 0.891. The van der Waals surface area contributed by atoms with Gasteiger partial charge in [-0.2, -0.15) is 0 Å². The summed E-state index contributed by atoms with van der Waals surface area (Å²) in [6.45, 7) is 3.94. The lowest BCUT2D eigenvalue weighted by molar-refractivity contribution is 0.1000. The van der Waals surface area contributed by atoms with E-state index in [1.54, 1.807) is 0 Å². The van der Waals surface area contributed by atoms with Crippen molar-refractivity contribution in [2.45, 2.75) is 42.4 Å². The molecule has 0 saturated carbocycles. The molecule has 2 nitrogen and oxygen atoms in total. The van der Waals surface area contributed by atoms with Gasteiger partial charge in [0.2, 0.25) is 0 Å². The summed E-state index contributed by atoms with van der Waals surface area (Å²) >= 11 is 1.97. The minimum atomic E-state index is 0.165. The van der Waals surface area contributed by atoms with Gasteiger partial charge in [0.25, 0.3) is 0 Å². The second-order valence-electron chi connectivity index (χ2n) is 4.48. The summed E-state index contributed by atoms with van der Waals surface area (Å²) in [5, 5.41) is 0.689. The first-order valence-corrected chi connectivity index (χ1v) is 7.28. The van der Waals surface area contributed by atoms with Crippen molar-refractivity contribution in [2.75, 3.05) is 13.2 Å². The van der Waals surface area contributed by atoms with Crippen LogP contribution in [0.4, 0.5) is 0 Å². The van der Waals surface area contributed by atoms with Gasteiger partial charge in [-0.3, -0.25) is 0 Å². The van der Waals surface area contributed by atoms with Crippen LogP contribution in [0.5, 0.6) is 0 Å². The van der Waals surface area contributed by atoms with Crippen LogP contribution in [0.25, 0.3) is 0 Å². The standard InChI is InChI=1S/C14H21NOS/c1-2-13(15)12-5-3-4-6-14(12)17-11-7-9-16-10-8-11/h3-6,11,13H,2,7-10,15H2,1H3/t13-/m0/s1. The molecular weight excluding hydrogens is 230 g/mol. The summed E-state index contributed by atoms with van der Waals surface area (Å²) < 4.78 is 5.40. The average molecular weight is 251 g/mol. The Balaban J connectivity index is 2.08. The molecule has 1 aromatic carbocycles. The highest BCUT2D eigenvalue weighted by atomic mass is 32.2. The first kappa shape index (κ1) is 12.9. The predicted molar refractivity (Wildman–Crippen MR) is 73.4 cm³/mol. The molecule has 1 aliphatic rings. The summed E-state index contributed by atoms with van der Waals surface area (Å²) in [6, 6.07) is 8.71. The van der Waals surface area contributed by atoms with Gasteiger partial charge in [0.05, 0.1) is 0 Å². The van der Waals surface area contributed by atoms with Crippen LogP contribution in [-0.4, -0.2) is 18.5 Å². The number of nitrogens with two attached hydrogens (primary N) is 1. The Morgan fingerprint density at radius 3 is 2.76 bits per heavy atom. The number of ether oxygens (including phenoxy) is 1. The Bertz CT molecular complexity index is 350. The van der Waals surface area contributed by atoms with Crippen molar-refractivity contribution in [2.24, 2.45) is 5.73 Å². The van der Waals surface area contributed by atoms with Gasteiger partial charge in [0, 0.05) is 29.4 Å². The van der Waals surface area contributed by atoms with Gasteiger partial charge in [0.1, 0.15) is 0 Å². The molecule has 2 N–H and O–H groups in total. The molecule has 1 aliphatic heterocycles. The number of rotatable bonds is 4. The van der Waals surface area contributed by atoms with Crippen molar-refractivity contribution in [3.63, 3.8) is 0 Å². The fourth-order valence-electron chi connectivity index (χ4n) is 2.09. The molecule has 1 fully saturated rings. The Morgan fingerprint density at radius 2 is 2.06 bits per heavy atom. The molecule has 94 valence electrons. The van der Waals surface area contributed by atoms with Crippen LogP contribution in [0.2, 0.25) is 0 Å². The summed E-state index contributed by atoms with van der Waals surface area (Å²) in [5.74, 6) is 0. The van der Waals surface area contributed by atoms with Gasteiger partial charge in [-0.05, 0) is 30.9 Å². The molecular formula is C14H21NOS. The van der Waals surface area contributed by atoms with Crippen molar-refractivity contribution in [3.8, 4) is 0 Å². The molecule has 3 heteroatoms. The SMILES string of the molecule is CC[C@H](N)c1ccccc1SC1CCOCC1. The van der Waals surface area contributed by atoms with E-state index in [1.165, 1.54) is 10.5 Å². The van der Waals surface area contributed by atoms with E-state index in [1.807, 2.05) is 11.8 Å². The maximum absolute atomic E-state index is 6.16. The molecule has 0 spiro atoms. The lowest BCUT2D eigenvalue weighted by Gasteiger charge is -2.23. The van der Waals surface area contributed by atoms with Gasteiger partial charge >= 0.3 is 0 Å². The number of hydrogen-bond acceptors (Lipinski definition) is 3. The third-order valence-corrected chi connectivity index (χ3v) is 4.65. The topological polar surface area (TPSA) is 35.2 Å². The smallest absolute Gasteiger partial charge is 0.0476 e. The molecule has 0 bridgehead atoms. The molecule has 1 aromatic rings. The van der Waals surface area contributed by atoms with E-state index in [4.69, 9.17) is 10.5 Å². The summed E-state index contributed by atoms with van der Waals surface area (Å²) in [4.78, 5) is 1.36. The van der Waals surface area contributed by atoms with E-state index in [0.717, 1.165) is 32.5 Å². The zero-order chi connectivity index (χ0) is 12.1. The van der Waals surface area contributed by atoms with Crippen molar-refractivity contribution >= 4 is 11.8 Å². The highest BCUT2D eigenvalue weighted by molar-refractivity contribution is 8.00. The van der Waals surface area contributed by atoms with E-state index in [0.29, 0.717) is 5.25 Å². The van der Waals surface area contributed by atoms with E-state index in [9.17, 15) is 0 Å². The molecule has 0 aromatic heterocycles. The fraction of sp³-hybridized carbons (Fsp3) is 0.571. The number of hydrogen-bond donors (Lipinski definition) is 1. The molecule has 0 aliphatic carbocycles. The Hall–Kier alpha value is -0.510. The average Bonchev–Trinajstić information content (AvgIpc) is 2.40. The van der Waals surface area contributed by atoms with Gasteiger partial charge in [-0.15, -0.1) is 11.8 Å². The van der Waals surface area contributed by atoms with Crippen LogP contribution in [0, 0.1) is 0 Å². The van der Waals surface area contributed by atoms with E-state index < -0.39 is 0 Å². The molecule has 1 atom stereocenters. The Labute approximate surface area is 108 Å². The van der Waals surface area contributed by atoms with Gasteiger partial charge < -0.3 is 10.5 Å². The summed E-state index contributed by atoms with van der Waals surface area (Å²) in [5.41, 5.74) is 7.46. The molecule has 17 heavy (non-hydrogen) atoms. The lowest BCUT2D eigenvalue weighted by atomic mass is 10.1. The zero-order valence-electron chi connectivity index (χ0n) is 10.4. The largest absolute Gasteiger partial charge is 0.381 e. The third-order valence-electron chi connectivity index (χ3n) is 3.22. The van der Waals surface area contributed by atoms with E-state index in [-0.39, 0.29) is 6.04 Å². The van der Waals surface area contributed by atoms with Gasteiger partial charge in [0.15, 0.2) is 0 Å². The van der Waals surface area contributed by atoms with Gasteiger partial charge in [-0.25, -0.2) is 0 Å². The molecule has 0 unspecified atom stereocenters. The van der Waals surface area contributed by atoms with Crippen molar-refractivity contribution in [1.82, 2.24) is 0 Å². The van der Waals surface area contributed by atoms with Crippen LogP contribution in [0.15, 0.2) is 29.2 Å².